The van der Waals surface area contributed by atoms with E-state index in [0.717, 1.165) is 0 Å². The lowest BCUT2D eigenvalue weighted by molar-refractivity contribution is -0.145. The van der Waals surface area contributed by atoms with Crippen LogP contribution in [0.3, 0.4) is 0 Å². The number of esters is 1. The summed E-state index contributed by atoms with van der Waals surface area (Å²) >= 11 is 0. The number of aliphatic hydroxyl groups excluding tert-OH is 1. The van der Waals surface area contributed by atoms with E-state index in [0.29, 0.717) is 11.3 Å². The molecule has 1 saturated heterocycles. The van der Waals surface area contributed by atoms with Crippen LogP contribution >= 0.6 is 0 Å². The normalized spacial score (nSPS) is 21.6. The van der Waals surface area contributed by atoms with Gasteiger partial charge in [0.25, 0.3) is 5.91 Å². The van der Waals surface area contributed by atoms with Crippen LogP contribution in [0.15, 0.2) is 24.3 Å². The molecule has 6 nitrogen and oxygen atoms in total. The largest absolute Gasteiger partial charge is 0.497 e. The highest BCUT2D eigenvalue weighted by Crippen LogP contribution is 2.23. The third-order valence-electron chi connectivity index (χ3n) is 3.33. The molecule has 1 heterocycles. The number of hydrogen-bond donors (Lipinski definition) is 1. The van der Waals surface area contributed by atoms with Crippen LogP contribution in [0, 0.1) is 0 Å². The summed E-state index contributed by atoms with van der Waals surface area (Å²) in [6.07, 6.45) is -0.517. The maximum atomic E-state index is 12.4. The van der Waals surface area contributed by atoms with Crippen LogP contribution in [-0.2, 0) is 9.53 Å². The average Bonchev–Trinajstić information content (AvgIpc) is 2.87. The predicted molar refractivity (Wildman–Crippen MR) is 70.5 cm³/mol. The molecule has 1 aliphatic rings. The topological polar surface area (TPSA) is 76.1 Å². The van der Waals surface area contributed by atoms with E-state index in [4.69, 9.17) is 4.74 Å². The van der Waals surface area contributed by atoms with E-state index in [9.17, 15) is 14.7 Å². The third-order valence-corrected chi connectivity index (χ3v) is 3.33. The Morgan fingerprint density at radius 3 is 2.75 bits per heavy atom. The Hall–Kier alpha value is -2.08. The minimum absolute atomic E-state index is 0.121. The second kappa shape index (κ2) is 5.92. The first kappa shape index (κ1) is 14.3. The predicted octanol–water partition coefficient (Wildman–Crippen LogP) is 0.444. The van der Waals surface area contributed by atoms with E-state index < -0.39 is 18.1 Å². The zero-order valence-corrected chi connectivity index (χ0v) is 11.4. The first-order chi connectivity index (χ1) is 9.56. The average molecular weight is 279 g/mol. The van der Waals surface area contributed by atoms with E-state index in [-0.39, 0.29) is 18.9 Å². The van der Waals surface area contributed by atoms with Crippen molar-refractivity contribution in [1.29, 1.82) is 0 Å². The van der Waals surface area contributed by atoms with Crippen molar-refractivity contribution < 1.29 is 24.2 Å². The molecular weight excluding hydrogens is 262 g/mol. The molecule has 1 amide bonds. The molecule has 1 N–H and O–H groups in total. The van der Waals surface area contributed by atoms with Crippen LogP contribution < -0.4 is 4.74 Å². The quantitative estimate of drug-likeness (QED) is 0.813. The Morgan fingerprint density at radius 1 is 1.35 bits per heavy atom. The number of carbonyl (C=O) groups is 2. The number of rotatable bonds is 3. The number of benzene rings is 1. The Morgan fingerprint density at radius 2 is 2.10 bits per heavy atom. The van der Waals surface area contributed by atoms with Crippen molar-refractivity contribution >= 4 is 11.9 Å². The number of aliphatic hydroxyl groups is 1. The number of β-amino-alcohol motifs (C(OH)–C–C–N with tert-alkyl or cyclic N) is 1. The Labute approximate surface area is 116 Å². The summed E-state index contributed by atoms with van der Waals surface area (Å²) in [6.45, 7) is 0.121. The summed E-state index contributed by atoms with van der Waals surface area (Å²) in [7, 11) is 2.78. The van der Waals surface area contributed by atoms with Crippen LogP contribution in [-0.4, -0.2) is 54.8 Å². The molecule has 1 aromatic carbocycles. The van der Waals surface area contributed by atoms with E-state index >= 15 is 0 Å². The van der Waals surface area contributed by atoms with Crippen LogP contribution in [0.25, 0.3) is 0 Å². The fourth-order valence-electron chi connectivity index (χ4n) is 2.32. The summed E-state index contributed by atoms with van der Waals surface area (Å²) in [5.74, 6) is -0.279. The number of hydrogen-bond acceptors (Lipinski definition) is 5. The Kier molecular flexibility index (Phi) is 4.24. The van der Waals surface area contributed by atoms with Crippen molar-refractivity contribution in [3.8, 4) is 5.75 Å². The fourth-order valence-corrected chi connectivity index (χ4v) is 2.32. The summed E-state index contributed by atoms with van der Waals surface area (Å²) in [5, 5.41) is 9.68. The van der Waals surface area contributed by atoms with Crippen molar-refractivity contribution in [3.05, 3.63) is 29.8 Å². The van der Waals surface area contributed by atoms with Gasteiger partial charge in [0.15, 0.2) is 0 Å². The van der Waals surface area contributed by atoms with E-state index in [1.807, 2.05) is 0 Å². The van der Waals surface area contributed by atoms with Crippen molar-refractivity contribution in [2.75, 3.05) is 20.8 Å². The van der Waals surface area contributed by atoms with Gasteiger partial charge in [-0.2, -0.15) is 0 Å². The monoisotopic (exact) mass is 279 g/mol. The lowest BCUT2D eigenvalue weighted by atomic mass is 10.1. The van der Waals surface area contributed by atoms with Crippen LogP contribution in [0.2, 0.25) is 0 Å². The molecule has 0 bridgehead atoms. The highest BCUT2D eigenvalue weighted by Gasteiger charge is 2.39. The maximum absolute atomic E-state index is 12.4. The van der Waals surface area contributed by atoms with Gasteiger partial charge in [-0.3, -0.25) is 4.79 Å². The highest BCUT2D eigenvalue weighted by molar-refractivity contribution is 5.97. The summed E-state index contributed by atoms with van der Waals surface area (Å²) in [4.78, 5) is 25.5. The molecule has 20 heavy (non-hydrogen) atoms. The molecule has 0 radical (unpaired) electrons. The molecule has 108 valence electrons. The highest BCUT2D eigenvalue weighted by atomic mass is 16.5. The molecule has 2 rings (SSSR count). The van der Waals surface area contributed by atoms with Gasteiger partial charge in [0, 0.05) is 18.5 Å². The number of carbonyl (C=O) groups excluding carboxylic acids is 2. The van der Waals surface area contributed by atoms with Crippen molar-refractivity contribution in [1.82, 2.24) is 4.90 Å². The van der Waals surface area contributed by atoms with Crippen LogP contribution in [0.1, 0.15) is 16.8 Å². The van der Waals surface area contributed by atoms with Gasteiger partial charge in [0.1, 0.15) is 11.8 Å². The van der Waals surface area contributed by atoms with Crippen molar-refractivity contribution in [3.63, 3.8) is 0 Å². The molecule has 6 heteroatoms. The zero-order chi connectivity index (χ0) is 14.7. The number of methoxy groups -OCH3 is 2. The summed E-state index contributed by atoms with van der Waals surface area (Å²) in [6, 6.07) is 5.93. The van der Waals surface area contributed by atoms with Gasteiger partial charge in [0.2, 0.25) is 0 Å². The third kappa shape index (κ3) is 2.75. The smallest absolute Gasteiger partial charge is 0.328 e. The second-order valence-corrected chi connectivity index (χ2v) is 4.62. The molecule has 0 aliphatic carbocycles. The fraction of sp³-hybridized carbons (Fsp3) is 0.429. The first-order valence-corrected chi connectivity index (χ1v) is 6.27. The molecule has 2 unspecified atom stereocenters. The lowest BCUT2D eigenvalue weighted by Crippen LogP contribution is -2.41. The Balaban J connectivity index is 2.24. The standard InChI is InChI=1S/C14H17NO5/c1-19-11-5-3-4-9(6-11)13(17)15-8-10(16)7-12(15)14(18)20-2/h3-6,10,12,16H,7-8H2,1-2H3. The van der Waals surface area contributed by atoms with E-state index in [1.54, 1.807) is 24.3 Å². The minimum atomic E-state index is -0.742. The number of ether oxygens (including phenoxy) is 2. The van der Waals surface area contributed by atoms with Gasteiger partial charge >= 0.3 is 5.97 Å². The minimum Gasteiger partial charge on any atom is -0.497 e. The van der Waals surface area contributed by atoms with E-state index in [1.165, 1.54) is 19.1 Å². The van der Waals surface area contributed by atoms with Crippen LogP contribution in [0.4, 0.5) is 0 Å². The molecule has 0 spiro atoms. The van der Waals surface area contributed by atoms with Crippen molar-refractivity contribution in [2.45, 2.75) is 18.6 Å². The van der Waals surface area contributed by atoms with Gasteiger partial charge in [-0.25, -0.2) is 4.79 Å². The van der Waals surface area contributed by atoms with Gasteiger partial charge < -0.3 is 19.5 Å². The van der Waals surface area contributed by atoms with Gasteiger partial charge in [0.05, 0.1) is 20.3 Å². The summed E-state index contributed by atoms with van der Waals surface area (Å²) in [5.41, 5.74) is 0.410. The second-order valence-electron chi connectivity index (χ2n) is 4.62. The van der Waals surface area contributed by atoms with E-state index in [2.05, 4.69) is 4.74 Å². The Bertz CT molecular complexity index is 516. The molecule has 1 aliphatic heterocycles. The van der Waals surface area contributed by atoms with Crippen LogP contribution in [0.5, 0.6) is 5.75 Å². The van der Waals surface area contributed by atoms with Gasteiger partial charge in [-0.1, -0.05) is 6.07 Å². The summed E-state index contributed by atoms with van der Waals surface area (Å²) < 4.78 is 9.75. The molecule has 2 atom stereocenters. The SMILES string of the molecule is COC(=O)C1CC(O)CN1C(=O)c1cccc(OC)c1. The number of amides is 1. The molecule has 0 aromatic heterocycles. The van der Waals surface area contributed by atoms with Crippen molar-refractivity contribution in [2.24, 2.45) is 0 Å². The molecule has 1 aromatic rings. The zero-order valence-electron chi connectivity index (χ0n) is 11.4. The molecule has 1 fully saturated rings. The first-order valence-electron chi connectivity index (χ1n) is 6.27. The molecule has 0 saturated carbocycles. The van der Waals surface area contributed by atoms with Gasteiger partial charge in [-0.15, -0.1) is 0 Å². The lowest BCUT2D eigenvalue weighted by Gasteiger charge is -2.22. The number of nitrogens with zero attached hydrogens (tertiary/aromatic N) is 1. The molecular formula is C14H17NO5. The number of likely N-dealkylation sites (tertiary alicyclic amines) is 1. The maximum Gasteiger partial charge on any atom is 0.328 e. The van der Waals surface area contributed by atoms with Gasteiger partial charge in [-0.05, 0) is 18.2 Å².